The first-order chi connectivity index (χ1) is 16.5. The molecular formula is C26H24F2N4O2. The first-order valence-electron chi connectivity index (χ1n) is 11.3. The summed E-state index contributed by atoms with van der Waals surface area (Å²) < 4.78 is 35.4. The van der Waals surface area contributed by atoms with E-state index in [-0.39, 0.29) is 42.0 Å². The highest BCUT2D eigenvalue weighted by Crippen LogP contribution is 2.35. The van der Waals surface area contributed by atoms with Crippen LogP contribution in [0.3, 0.4) is 0 Å². The number of aryl methyl sites for hydroxylation is 3. The second-order valence-corrected chi connectivity index (χ2v) is 8.49. The molecule has 0 spiro atoms. The van der Waals surface area contributed by atoms with Crippen molar-refractivity contribution in [1.82, 2.24) is 14.8 Å². The van der Waals surface area contributed by atoms with Crippen LogP contribution in [-0.2, 0) is 17.6 Å². The Morgan fingerprint density at radius 1 is 1.15 bits per heavy atom. The van der Waals surface area contributed by atoms with Crippen LogP contribution < -0.4 is 5.32 Å². The Hall–Kier alpha value is -3.81. The number of hydrogen-bond donors (Lipinski definition) is 1. The Morgan fingerprint density at radius 2 is 1.94 bits per heavy atom. The summed E-state index contributed by atoms with van der Waals surface area (Å²) in [6.07, 6.45) is 6.39. The van der Waals surface area contributed by atoms with Crippen molar-refractivity contribution in [2.24, 2.45) is 0 Å². The first kappa shape index (κ1) is 22.0. The molecule has 1 aliphatic carbocycles. The van der Waals surface area contributed by atoms with E-state index in [0.29, 0.717) is 5.82 Å². The number of nitrogens with one attached hydrogen (secondary N) is 1. The van der Waals surface area contributed by atoms with Crippen molar-refractivity contribution >= 4 is 11.7 Å². The van der Waals surface area contributed by atoms with Gasteiger partial charge in [0, 0.05) is 18.4 Å². The zero-order valence-electron chi connectivity index (χ0n) is 18.7. The average Bonchev–Trinajstić information content (AvgIpc) is 3.44. The molecule has 6 nitrogen and oxygen atoms in total. The maximum atomic E-state index is 14.0. The van der Waals surface area contributed by atoms with Crippen molar-refractivity contribution < 1.29 is 18.0 Å². The van der Waals surface area contributed by atoms with Crippen molar-refractivity contribution in [2.75, 3.05) is 5.32 Å². The minimum Gasteiger partial charge on any atom is -0.441 e. The molecule has 174 valence electrons. The lowest BCUT2D eigenvalue weighted by Crippen LogP contribution is -2.22. The predicted molar refractivity (Wildman–Crippen MR) is 123 cm³/mol. The van der Waals surface area contributed by atoms with E-state index in [1.165, 1.54) is 23.4 Å². The highest BCUT2D eigenvalue weighted by atomic mass is 19.1. The summed E-state index contributed by atoms with van der Waals surface area (Å²) in [5.74, 6) is -0.768. The van der Waals surface area contributed by atoms with Crippen LogP contribution in [0.15, 0.2) is 59.3 Å². The summed E-state index contributed by atoms with van der Waals surface area (Å²) >= 11 is 0. The van der Waals surface area contributed by atoms with Crippen LogP contribution in [0.4, 0.5) is 14.6 Å². The summed E-state index contributed by atoms with van der Waals surface area (Å²) in [7, 11) is 0. The van der Waals surface area contributed by atoms with Gasteiger partial charge in [-0.15, -0.1) is 0 Å². The number of amides is 1. The molecule has 0 unspecified atom stereocenters. The van der Waals surface area contributed by atoms with Crippen molar-refractivity contribution in [3.05, 3.63) is 89.1 Å². The minimum absolute atomic E-state index is 0.00380. The van der Waals surface area contributed by atoms with Crippen molar-refractivity contribution in [2.45, 2.75) is 45.1 Å². The lowest BCUT2D eigenvalue weighted by atomic mass is 9.88. The number of fused-ring (bicyclic) bond motifs is 1. The molecule has 2 aromatic heterocycles. The van der Waals surface area contributed by atoms with E-state index in [0.717, 1.165) is 37.0 Å². The molecule has 0 saturated heterocycles. The largest absolute Gasteiger partial charge is 0.441 e. The van der Waals surface area contributed by atoms with E-state index < -0.39 is 11.6 Å². The van der Waals surface area contributed by atoms with Gasteiger partial charge in [-0.05, 0) is 49.4 Å². The molecule has 34 heavy (non-hydrogen) atoms. The molecule has 2 aromatic carbocycles. The lowest BCUT2D eigenvalue weighted by Gasteiger charge is -2.27. The van der Waals surface area contributed by atoms with Gasteiger partial charge in [0.15, 0.2) is 11.7 Å². The number of rotatable bonds is 6. The SMILES string of the molecule is Cc1cnn([C@H]2CCCc3ccccc32)c1NC(=O)CCc1ncc(-c2c(F)cccc2F)o1. The molecule has 1 N–H and O–H groups in total. The second-order valence-electron chi connectivity index (χ2n) is 8.49. The monoisotopic (exact) mass is 462 g/mol. The van der Waals surface area contributed by atoms with Gasteiger partial charge in [0.05, 0.1) is 24.0 Å². The molecule has 0 saturated carbocycles. The Labute approximate surface area is 195 Å². The van der Waals surface area contributed by atoms with Gasteiger partial charge in [-0.2, -0.15) is 5.10 Å². The molecular weight excluding hydrogens is 438 g/mol. The molecule has 0 fully saturated rings. The van der Waals surface area contributed by atoms with Gasteiger partial charge in [0.1, 0.15) is 17.5 Å². The zero-order valence-corrected chi connectivity index (χ0v) is 18.7. The van der Waals surface area contributed by atoms with Crippen LogP contribution in [0.2, 0.25) is 0 Å². The molecule has 1 aliphatic rings. The Morgan fingerprint density at radius 3 is 2.76 bits per heavy atom. The summed E-state index contributed by atoms with van der Waals surface area (Å²) in [6, 6.07) is 12.0. The number of hydrogen-bond acceptors (Lipinski definition) is 4. The van der Waals surface area contributed by atoms with Gasteiger partial charge in [-0.3, -0.25) is 4.79 Å². The van der Waals surface area contributed by atoms with Crippen LogP contribution in [0.25, 0.3) is 11.3 Å². The number of anilines is 1. The highest BCUT2D eigenvalue weighted by molar-refractivity contribution is 5.90. The van der Waals surface area contributed by atoms with E-state index in [1.807, 2.05) is 23.7 Å². The Balaban J connectivity index is 1.28. The zero-order chi connectivity index (χ0) is 23.7. The number of nitrogens with zero attached hydrogens (tertiary/aromatic N) is 3. The third kappa shape index (κ3) is 4.23. The molecule has 4 aromatic rings. The van der Waals surface area contributed by atoms with Crippen LogP contribution in [0, 0.1) is 18.6 Å². The summed E-state index contributed by atoms with van der Waals surface area (Å²) in [5, 5.41) is 7.55. The summed E-state index contributed by atoms with van der Waals surface area (Å²) in [5.41, 5.74) is 3.16. The van der Waals surface area contributed by atoms with E-state index in [1.54, 1.807) is 6.20 Å². The third-order valence-corrected chi connectivity index (χ3v) is 6.20. The predicted octanol–water partition coefficient (Wildman–Crippen LogP) is 5.62. The molecule has 1 amide bonds. The molecule has 8 heteroatoms. The Kier molecular flexibility index (Phi) is 5.96. The number of carbonyl (C=O) groups is 1. The van der Waals surface area contributed by atoms with E-state index in [4.69, 9.17) is 4.42 Å². The smallest absolute Gasteiger partial charge is 0.226 e. The molecule has 0 radical (unpaired) electrons. The van der Waals surface area contributed by atoms with Crippen LogP contribution in [0.1, 0.15) is 47.9 Å². The summed E-state index contributed by atoms with van der Waals surface area (Å²) in [6.45, 7) is 1.91. The fourth-order valence-corrected chi connectivity index (χ4v) is 4.51. The second kappa shape index (κ2) is 9.21. The van der Waals surface area contributed by atoms with Crippen molar-refractivity contribution in [1.29, 1.82) is 0 Å². The molecule has 0 aliphatic heterocycles. The van der Waals surface area contributed by atoms with Crippen LogP contribution in [-0.4, -0.2) is 20.7 Å². The highest BCUT2D eigenvalue weighted by Gasteiger charge is 2.25. The quantitative estimate of drug-likeness (QED) is 0.404. The summed E-state index contributed by atoms with van der Waals surface area (Å²) in [4.78, 5) is 16.8. The molecule has 2 heterocycles. The first-order valence-corrected chi connectivity index (χ1v) is 11.3. The van der Waals surface area contributed by atoms with E-state index in [9.17, 15) is 13.6 Å². The van der Waals surface area contributed by atoms with Crippen molar-refractivity contribution in [3.8, 4) is 11.3 Å². The van der Waals surface area contributed by atoms with Gasteiger partial charge in [-0.25, -0.2) is 18.4 Å². The maximum Gasteiger partial charge on any atom is 0.226 e. The number of halogens is 2. The maximum absolute atomic E-state index is 14.0. The fourth-order valence-electron chi connectivity index (χ4n) is 4.51. The van der Waals surface area contributed by atoms with Crippen LogP contribution >= 0.6 is 0 Å². The fraction of sp³-hybridized carbons (Fsp3) is 0.269. The van der Waals surface area contributed by atoms with Gasteiger partial charge in [0.2, 0.25) is 5.91 Å². The Bertz CT molecular complexity index is 1320. The lowest BCUT2D eigenvalue weighted by molar-refractivity contribution is -0.116. The van der Waals surface area contributed by atoms with Gasteiger partial charge in [0.25, 0.3) is 0 Å². The van der Waals surface area contributed by atoms with E-state index >= 15 is 0 Å². The topological polar surface area (TPSA) is 73.0 Å². The number of benzene rings is 2. The number of oxazole rings is 1. The third-order valence-electron chi connectivity index (χ3n) is 6.20. The average molecular weight is 463 g/mol. The number of aromatic nitrogens is 3. The normalized spacial score (nSPS) is 15.2. The molecule has 1 atom stereocenters. The molecule has 5 rings (SSSR count). The standard InChI is InChI=1S/C26H24F2N4O2/c1-16-14-30-32(21-11-4-7-17-6-2-3-8-18(17)21)26(16)31-23(33)12-13-24-29-15-22(34-24)25-19(27)9-5-10-20(25)28/h2-3,5-6,8-10,14-15,21H,4,7,11-13H2,1H3,(H,31,33)/t21-/m0/s1. The van der Waals surface area contributed by atoms with Gasteiger partial charge in [-0.1, -0.05) is 30.3 Å². The number of carbonyl (C=O) groups excluding carboxylic acids is 1. The van der Waals surface area contributed by atoms with Gasteiger partial charge < -0.3 is 9.73 Å². The van der Waals surface area contributed by atoms with Crippen molar-refractivity contribution in [3.63, 3.8) is 0 Å². The van der Waals surface area contributed by atoms with Crippen LogP contribution in [0.5, 0.6) is 0 Å². The van der Waals surface area contributed by atoms with Gasteiger partial charge >= 0.3 is 0 Å². The minimum atomic E-state index is -0.728. The van der Waals surface area contributed by atoms with E-state index in [2.05, 4.69) is 27.5 Å². The molecule has 0 bridgehead atoms.